The van der Waals surface area contributed by atoms with Crippen LogP contribution >= 0.6 is 0 Å². The van der Waals surface area contributed by atoms with Crippen LogP contribution in [-0.4, -0.2) is 53.2 Å². The molecule has 0 radical (unpaired) electrons. The number of carbonyl (C=O) groups excluding carboxylic acids is 3. The molecular weight excluding hydrogens is 363 g/mol. The summed E-state index contributed by atoms with van der Waals surface area (Å²) < 4.78 is 39.3. The van der Waals surface area contributed by atoms with Crippen LogP contribution in [0, 0.1) is 0 Å². The predicted molar refractivity (Wildman–Crippen MR) is 89.2 cm³/mol. The van der Waals surface area contributed by atoms with E-state index in [1.807, 2.05) is 0 Å². The number of hydrogen-bond donors (Lipinski definition) is 1. The van der Waals surface area contributed by atoms with E-state index in [4.69, 9.17) is 0 Å². The number of alkyl halides is 3. The fourth-order valence-corrected chi connectivity index (χ4v) is 3.48. The van der Waals surface area contributed by atoms with Gasteiger partial charge in [0.05, 0.1) is 18.2 Å². The monoisotopic (exact) mass is 383 g/mol. The molecule has 0 saturated carbocycles. The minimum Gasteiger partial charge on any atom is -0.350 e. The number of benzene rings is 1. The normalized spacial score (nSPS) is 20.5. The Bertz CT molecular complexity index is 751. The molecule has 146 valence electrons. The van der Waals surface area contributed by atoms with Crippen molar-refractivity contribution < 1.29 is 27.6 Å². The summed E-state index contributed by atoms with van der Waals surface area (Å²) in [6.45, 7) is 0.465. The van der Waals surface area contributed by atoms with Crippen LogP contribution in [-0.2, 0) is 27.1 Å². The topological polar surface area (TPSA) is 69.7 Å². The number of rotatable bonds is 5. The van der Waals surface area contributed by atoms with E-state index >= 15 is 0 Å². The zero-order valence-corrected chi connectivity index (χ0v) is 14.6. The minimum atomic E-state index is -4.49. The van der Waals surface area contributed by atoms with Crippen molar-refractivity contribution in [2.24, 2.45) is 0 Å². The average Bonchev–Trinajstić information content (AvgIpc) is 3.13. The van der Waals surface area contributed by atoms with Crippen LogP contribution in [0.1, 0.15) is 30.4 Å². The van der Waals surface area contributed by atoms with E-state index in [2.05, 4.69) is 5.32 Å². The lowest BCUT2D eigenvalue weighted by Gasteiger charge is -2.21. The Kier molecular flexibility index (Phi) is 5.38. The SMILES string of the molecule is O=C(CN1CCCC1=O)N[C@H]1CC(=O)N(Cc2ccccc2C(F)(F)F)C1. The number of amides is 3. The maximum absolute atomic E-state index is 13.1. The van der Waals surface area contributed by atoms with Gasteiger partial charge in [-0.1, -0.05) is 18.2 Å². The molecule has 0 aliphatic carbocycles. The van der Waals surface area contributed by atoms with Crippen LogP contribution in [0.15, 0.2) is 24.3 Å². The molecule has 2 heterocycles. The largest absolute Gasteiger partial charge is 0.416 e. The van der Waals surface area contributed by atoms with E-state index < -0.39 is 17.8 Å². The highest BCUT2D eigenvalue weighted by molar-refractivity contribution is 5.87. The Balaban J connectivity index is 1.58. The van der Waals surface area contributed by atoms with Crippen LogP contribution in [0.5, 0.6) is 0 Å². The van der Waals surface area contributed by atoms with Crippen LogP contribution in [0.25, 0.3) is 0 Å². The molecule has 2 aliphatic heterocycles. The second-order valence-electron chi connectivity index (χ2n) is 6.82. The number of halogens is 3. The molecule has 1 aromatic rings. The maximum Gasteiger partial charge on any atom is 0.416 e. The van der Waals surface area contributed by atoms with E-state index in [1.165, 1.54) is 28.0 Å². The van der Waals surface area contributed by atoms with Crippen molar-refractivity contribution in [1.29, 1.82) is 0 Å². The highest BCUT2D eigenvalue weighted by atomic mass is 19.4. The Hall–Kier alpha value is -2.58. The van der Waals surface area contributed by atoms with Gasteiger partial charge in [0.1, 0.15) is 0 Å². The Labute approximate surface area is 154 Å². The maximum atomic E-state index is 13.1. The van der Waals surface area contributed by atoms with Crippen molar-refractivity contribution in [3.63, 3.8) is 0 Å². The highest BCUT2D eigenvalue weighted by Crippen LogP contribution is 2.32. The quantitative estimate of drug-likeness (QED) is 0.839. The molecule has 3 rings (SSSR count). The van der Waals surface area contributed by atoms with Crippen molar-refractivity contribution in [3.05, 3.63) is 35.4 Å². The smallest absolute Gasteiger partial charge is 0.350 e. The van der Waals surface area contributed by atoms with Crippen LogP contribution in [0.3, 0.4) is 0 Å². The number of hydrogen-bond acceptors (Lipinski definition) is 3. The first-order valence-electron chi connectivity index (χ1n) is 8.74. The van der Waals surface area contributed by atoms with Gasteiger partial charge >= 0.3 is 6.18 Å². The van der Waals surface area contributed by atoms with Crippen molar-refractivity contribution >= 4 is 17.7 Å². The number of nitrogens with one attached hydrogen (secondary N) is 1. The molecule has 27 heavy (non-hydrogen) atoms. The molecule has 2 fully saturated rings. The molecule has 2 aliphatic rings. The zero-order valence-electron chi connectivity index (χ0n) is 14.6. The first kappa shape index (κ1) is 19.2. The molecule has 1 N–H and O–H groups in total. The highest BCUT2D eigenvalue weighted by Gasteiger charge is 2.36. The predicted octanol–water partition coefficient (Wildman–Crippen LogP) is 1.54. The third-order valence-corrected chi connectivity index (χ3v) is 4.77. The molecular formula is C18H20F3N3O3. The van der Waals surface area contributed by atoms with Crippen LogP contribution in [0.2, 0.25) is 0 Å². The number of likely N-dealkylation sites (tertiary alicyclic amines) is 2. The summed E-state index contributed by atoms with van der Waals surface area (Å²) in [5, 5.41) is 2.70. The number of nitrogens with zero attached hydrogens (tertiary/aromatic N) is 2. The van der Waals surface area contributed by atoms with Gasteiger partial charge in [0.2, 0.25) is 17.7 Å². The Morgan fingerprint density at radius 1 is 1.15 bits per heavy atom. The lowest BCUT2D eigenvalue weighted by molar-refractivity contribution is -0.139. The second kappa shape index (κ2) is 7.58. The molecule has 9 heteroatoms. The Morgan fingerprint density at radius 3 is 2.56 bits per heavy atom. The lowest BCUT2D eigenvalue weighted by Crippen LogP contribution is -2.43. The fourth-order valence-electron chi connectivity index (χ4n) is 3.48. The third-order valence-electron chi connectivity index (χ3n) is 4.77. The van der Waals surface area contributed by atoms with Gasteiger partial charge in [-0.15, -0.1) is 0 Å². The summed E-state index contributed by atoms with van der Waals surface area (Å²) >= 11 is 0. The average molecular weight is 383 g/mol. The first-order chi connectivity index (χ1) is 12.7. The fraction of sp³-hybridized carbons (Fsp3) is 0.500. The molecule has 0 spiro atoms. The van der Waals surface area contributed by atoms with Gasteiger partial charge in [-0.25, -0.2) is 0 Å². The molecule has 2 saturated heterocycles. The summed E-state index contributed by atoms with van der Waals surface area (Å²) in [6.07, 6.45) is -3.30. The van der Waals surface area contributed by atoms with Gasteiger partial charge in [0, 0.05) is 32.5 Å². The molecule has 0 bridgehead atoms. The second-order valence-corrected chi connectivity index (χ2v) is 6.82. The zero-order chi connectivity index (χ0) is 19.6. The summed E-state index contributed by atoms with van der Waals surface area (Å²) in [7, 11) is 0. The van der Waals surface area contributed by atoms with Gasteiger partial charge in [0.15, 0.2) is 0 Å². The Morgan fingerprint density at radius 2 is 1.89 bits per heavy atom. The van der Waals surface area contributed by atoms with Crippen molar-refractivity contribution in [1.82, 2.24) is 15.1 Å². The lowest BCUT2D eigenvalue weighted by atomic mass is 10.1. The van der Waals surface area contributed by atoms with Crippen molar-refractivity contribution in [2.45, 2.75) is 38.0 Å². The van der Waals surface area contributed by atoms with Crippen molar-refractivity contribution in [3.8, 4) is 0 Å². The first-order valence-corrected chi connectivity index (χ1v) is 8.74. The summed E-state index contributed by atoms with van der Waals surface area (Å²) in [5.41, 5.74) is -0.745. The standard InChI is InChI=1S/C18H20F3N3O3/c19-18(20,21)14-5-2-1-4-12(14)9-24-10-13(8-17(24)27)22-15(25)11-23-7-3-6-16(23)26/h1-2,4-5,13H,3,6-11H2,(H,22,25)/t13-/m0/s1. The summed E-state index contributed by atoms with van der Waals surface area (Å²) in [4.78, 5) is 38.6. The molecule has 0 aromatic heterocycles. The molecule has 6 nitrogen and oxygen atoms in total. The van der Waals surface area contributed by atoms with Gasteiger partial charge in [-0.2, -0.15) is 13.2 Å². The summed E-state index contributed by atoms with van der Waals surface area (Å²) in [6, 6.07) is 4.67. The van der Waals surface area contributed by atoms with E-state index in [9.17, 15) is 27.6 Å². The van der Waals surface area contributed by atoms with E-state index in [0.29, 0.717) is 13.0 Å². The van der Waals surface area contributed by atoms with Crippen LogP contribution in [0.4, 0.5) is 13.2 Å². The van der Waals surface area contributed by atoms with Gasteiger partial charge in [-0.05, 0) is 18.1 Å². The van der Waals surface area contributed by atoms with E-state index in [1.54, 1.807) is 0 Å². The number of carbonyl (C=O) groups is 3. The van der Waals surface area contributed by atoms with E-state index in [-0.39, 0.29) is 49.3 Å². The van der Waals surface area contributed by atoms with Crippen molar-refractivity contribution in [2.75, 3.05) is 19.6 Å². The minimum absolute atomic E-state index is 0.0213. The molecule has 0 unspecified atom stereocenters. The van der Waals surface area contributed by atoms with E-state index in [0.717, 1.165) is 12.5 Å². The van der Waals surface area contributed by atoms with Gasteiger partial charge in [0.25, 0.3) is 0 Å². The third kappa shape index (κ3) is 4.58. The van der Waals surface area contributed by atoms with Gasteiger partial charge < -0.3 is 15.1 Å². The molecule has 1 aromatic carbocycles. The summed E-state index contributed by atoms with van der Waals surface area (Å²) in [5.74, 6) is -0.742. The molecule has 3 amide bonds. The van der Waals surface area contributed by atoms with Gasteiger partial charge in [-0.3, -0.25) is 14.4 Å². The molecule has 1 atom stereocenters. The van der Waals surface area contributed by atoms with Crippen LogP contribution < -0.4 is 5.32 Å².